The fraction of sp³-hybridized carbons (Fsp3) is 0.500. The van der Waals surface area contributed by atoms with Crippen LogP contribution in [0.4, 0.5) is 0 Å². The number of carbonyl (C=O) groups is 1. The molecule has 0 saturated heterocycles. The van der Waals surface area contributed by atoms with Crippen LogP contribution in [0.3, 0.4) is 0 Å². The fourth-order valence-electron chi connectivity index (χ4n) is 1.87. The fourth-order valence-corrected chi connectivity index (χ4v) is 2.49. The number of carbonyl (C=O) groups excluding carboxylic acids is 1. The van der Waals surface area contributed by atoms with Crippen molar-refractivity contribution in [3.05, 3.63) is 33.8 Å². The van der Waals surface area contributed by atoms with Gasteiger partial charge in [-0.15, -0.1) is 0 Å². The Balaban J connectivity index is 3.08. The standard InChI is InChI=1S/C14H18Cl2O2/c1-8(13(18)14(2,3)4)12(17)11-9(15)6-5-7-10(11)16/h5-8,12,17H,1-4H3/t8-,12+/m0/s1. The van der Waals surface area contributed by atoms with Gasteiger partial charge in [0.2, 0.25) is 0 Å². The van der Waals surface area contributed by atoms with E-state index in [4.69, 9.17) is 23.2 Å². The Morgan fingerprint density at radius 1 is 1.22 bits per heavy atom. The number of hydrogen-bond acceptors (Lipinski definition) is 2. The van der Waals surface area contributed by atoms with E-state index in [2.05, 4.69) is 0 Å². The number of Topliss-reactive ketones (excluding diaryl/α,β-unsaturated/α-hetero) is 1. The molecule has 0 bridgehead atoms. The Morgan fingerprint density at radius 3 is 2.06 bits per heavy atom. The molecular weight excluding hydrogens is 271 g/mol. The first-order valence-electron chi connectivity index (χ1n) is 5.82. The van der Waals surface area contributed by atoms with Gasteiger partial charge in [-0.2, -0.15) is 0 Å². The van der Waals surface area contributed by atoms with Crippen LogP contribution in [-0.2, 0) is 4.79 Å². The second-order valence-electron chi connectivity index (χ2n) is 5.48. The van der Waals surface area contributed by atoms with Crippen LogP contribution in [0.25, 0.3) is 0 Å². The molecule has 0 aliphatic rings. The van der Waals surface area contributed by atoms with E-state index in [1.165, 1.54) is 0 Å². The van der Waals surface area contributed by atoms with Crippen LogP contribution >= 0.6 is 23.2 Å². The maximum Gasteiger partial charge on any atom is 0.143 e. The van der Waals surface area contributed by atoms with Crippen LogP contribution in [0.5, 0.6) is 0 Å². The molecule has 0 unspecified atom stereocenters. The lowest BCUT2D eigenvalue weighted by Gasteiger charge is -2.26. The lowest BCUT2D eigenvalue weighted by Crippen LogP contribution is -2.30. The quantitative estimate of drug-likeness (QED) is 0.901. The minimum Gasteiger partial charge on any atom is -0.388 e. The van der Waals surface area contributed by atoms with Gasteiger partial charge in [-0.25, -0.2) is 0 Å². The molecule has 2 atom stereocenters. The van der Waals surface area contributed by atoms with Crippen LogP contribution in [0.1, 0.15) is 39.4 Å². The van der Waals surface area contributed by atoms with E-state index in [1.54, 1.807) is 25.1 Å². The predicted molar refractivity (Wildman–Crippen MR) is 75.0 cm³/mol. The number of hydrogen-bond donors (Lipinski definition) is 1. The first-order valence-corrected chi connectivity index (χ1v) is 6.58. The second kappa shape index (κ2) is 5.60. The van der Waals surface area contributed by atoms with Gasteiger partial charge in [0.1, 0.15) is 5.78 Å². The summed E-state index contributed by atoms with van der Waals surface area (Å²) in [5, 5.41) is 11.1. The highest BCUT2D eigenvalue weighted by molar-refractivity contribution is 6.36. The number of benzene rings is 1. The Labute approximate surface area is 118 Å². The average molecular weight is 289 g/mol. The highest BCUT2D eigenvalue weighted by atomic mass is 35.5. The Hall–Kier alpha value is -0.570. The summed E-state index contributed by atoms with van der Waals surface area (Å²) in [5.74, 6) is -0.576. The Kier molecular flexibility index (Phi) is 4.82. The van der Waals surface area contributed by atoms with Gasteiger partial charge in [-0.05, 0) is 12.1 Å². The van der Waals surface area contributed by atoms with E-state index in [0.29, 0.717) is 15.6 Å². The molecule has 1 rings (SSSR count). The summed E-state index contributed by atoms with van der Waals surface area (Å²) >= 11 is 12.1. The van der Waals surface area contributed by atoms with Gasteiger partial charge in [0.05, 0.1) is 6.10 Å². The summed E-state index contributed by atoms with van der Waals surface area (Å²) in [6.45, 7) is 7.17. The number of rotatable bonds is 3. The molecule has 0 aliphatic heterocycles. The first-order chi connectivity index (χ1) is 8.16. The molecule has 0 fully saturated rings. The van der Waals surface area contributed by atoms with Gasteiger partial charge >= 0.3 is 0 Å². The van der Waals surface area contributed by atoms with Crippen LogP contribution < -0.4 is 0 Å². The van der Waals surface area contributed by atoms with Crippen molar-refractivity contribution < 1.29 is 9.90 Å². The summed E-state index contributed by atoms with van der Waals surface area (Å²) in [5.41, 5.74) is -0.0837. The van der Waals surface area contributed by atoms with Crippen molar-refractivity contribution in [2.45, 2.75) is 33.8 Å². The van der Waals surface area contributed by atoms with E-state index < -0.39 is 17.4 Å². The Bertz CT molecular complexity index is 429. The minimum atomic E-state index is -0.988. The lowest BCUT2D eigenvalue weighted by atomic mass is 9.80. The molecule has 2 nitrogen and oxygen atoms in total. The van der Waals surface area contributed by atoms with Gasteiger partial charge in [-0.3, -0.25) is 4.79 Å². The summed E-state index contributed by atoms with van der Waals surface area (Å²) in [7, 11) is 0. The SMILES string of the molecule is C[C@H](C(=O)C(C)(C)C)[C@@H](O)c1c(Cl)cccc1Cl. The summed E-state index contributed by atoms with van der Waals surface area (Å²) in [6, 6.07) is 5.01. The lowest BCUT2D eigenvalue weighted by molar-refractivity contribution is -0.133. The molecule has 18 heavy (non-hydrogen) atoms. The average Bonchev–Trinajstić information content (AvgIpc) is 2.25. The zero-order valence-corrected chi connectivity index (χ0v) is 12.5. The molecule has 0 heterocycles. The third-order valence-electron chi connectivity index (χ3n) is 2.92. The minimum absolute atomic E-state index is 0.0222. The monoisotopic (exact) mass is 288 g/mol. The van der Waals surface area contributed by atoms with Gasteiger partial charge in [0, 0.05) is 26.9 Å². The molecule has 0 aromatic heterocycles. The highest BCUT2D eigenvalue weighted by Gasteiger charge is 2.33. The molecule has 0 saturated carbocycles. The van der Waals surface area contributed by atoms with Gasteiger partial charge < -0.3 is 5.11 Å². The normalized spacial score (nSPS) is 15.3. The zero-order chi connectivity index (χ0) is 14.1. The van der Waals surface area contributed by atoms with E-state index in [-0.39, 0.29) is 5.78 Å². The van der Waals surface area contributed by atoms with Crippen LogP contribution in [0.2, 0.25) is 10.0 Å². The van der Waals surface area contributed by atoms with E-state index in [1.807, 2.05) is 20.8 Å². The zero-order valence-electron chi connectivity index (χ0n) is 11.0. The van der Waals surface area contributed by atoms with Crippen LogP contribution in [0.15, 0.2) is 18.2 Å². The van der Waals surface area contributed by atoms with Crippen molar-refractivity contribution in [2.75, 3.05) is 0 Å². The topological polar surface area (TPSA) is 37.3 Å². The molecule has 0 radical (unpaired) electrons. The van der Waals surface area contributed by atoms with Crippen molar-refractivity contribution in [1.29, 1.82) is 0 Å². The molecule has 0 aliphatic carbocycles. The van der Waals surface area contributed by atoms with Gasteiger partial charge in [-0.1, -0.05) is 57.0 Å². The molecule has 0 amide bonds. The van der Waals surface area contributed by atoms with E-state index in [0.717, 1.165) is 0 Å². The maximum absolute atomic E-state index is 12.2. The van der Waals surface area contributed by atoms with Gasteiger partial charge in [0.25, 0.3) is 0 Å². The predicted octanol–water partition coefficient (Wildman–Crippen LogP) is 4.28. The summed E-state index contributed by atoms with van der Waals surface area (Å²) in [4.78, 5) is 12.2. The first kappa shape index (κ1) is 15.5. The molecule has 1 aromatic rings. The number of ketones is 1. The third kappa shape index (κ3) is 3.25. The molecule has 1 N–H and O–H groups in total. The van der Waals surface area contributed by atoms with Gasteiger partial charge in [0.15, 0.2) is 0 Å². The number of aliphatic hydroxyl groups is 1. The van der Waals surface area contributed by atoms with Crippen molar-refractivity contribution >= 4 is 29.0 Å². The third-order valence-corrected chi connectivity index (χ3v) is 3.58. The second-order valence-corrected chi connectivity index (χ2v) is 6.30. The summed E-state index contributed by atoms with van der Waals surface area (Å²) in [6.07, 6.45) is -0.988. The van der Waals surface area contributed by atoms with Crippen LogP contribution in [0, 0.1) is 11.3 Å². The van der Waals surface area contributed by atoms with Crippen molar-refractivity contribution in [1.82, 2.24) is 0 Å². The van der Waals surface area contributed by atoms with Crippen molar-refractivity contribution in [2.24, 2.45) is 11.3 Å². The molecule has 4 heteroatoms. The summed E-state index contributed by atoms with van der Waals surface area (Å²) < 4.78 is 0. The maximum atomic E-state index is 12.2. The number of halogens is 2. The van der Waals surface area contributed by atoms with Crippen molar-refractivity contribution in [3.63, 3.8) is 0 Å². The number of aliphatic hydroxyl groups excluding tert-OH is 1. The Morgan fingerprint density at radius 2 is 1.67 bits per heavy atom. The highest BCUT2D eigenvalue weighted by Crippen LogP contribution is 2.36. The molecule has 0 spiro atoms. The van der Waals surface area contributed by atoms with E-state index in [9.17, 15) is 9.90 Å². The molecule has 1 aromatic carbocycles. The van der Waals surface area contributed by atoms with Crippen molar-refractivity contribution in [3.8, 4) is 0 Å². The van der Waals surface area contributed by atoms with E-state index >= 15 is 0 Å². The molecular formula is C14H18Cl2O2. The smallest absolute Gasteiger partial charge is 0.143 e. The largest absolute Gasteiger partial charge is 0.388 e. The van der Waals surface area contributed by atoms with Crippen LogP contribution in [-0.4, -0.2) is 10.9 Å². The molecule has 100 valence electrons.